The summed E-state index contributed by atoms with van der Waals surface area (Å²) in [5, 5.41) is 12.6. The number of carbonyl (C=O) groups is 1. The number of unbranched alkanes of at least 4 members (excludes halogenated alkanes) is 1. The Morgan fingerprint density at radius 2 is 1.87 bits per heavy atom. The molecule has 0 radical (unpaired) electrons. The van der Waals surface area contributed by atoms with Crippen LogP contribution in [-0.4, -0.2) is 42.7 Å². The molecule has 0 spiro atoms. The van der Waals surface area contributed by atoms with E-state index in [4.69, 9.17) is 10.5 Å². The lowest BCUT2D eigenvalue weighted by atomic mass is 9.72. The number of hydrogen-bond donors (Lipinski definition) is 2. The van der Waals surface area contributed by atoms with Gasteiger partial charge in [-0.1, -0.05) is 55.5 Å². The second-order valence-electron chi connectivity index (χ2n) is 10.6. The Hall–Kier alpha value is -3.06. The molecule has 1 unspecified atom stereocenters. The second-order valence-corrected chi connectivity index (χ2v) is 10.6. The number of aliphatic hydroxyl groups is 1. The van der Waals surface area contributed by atoms with Gasteiger partial charge in [-0.3, -0.25) is 4.79 Å². The number of hydrogen-bond acceptors (Lipinski definition) is 4. The van der Waals surface area contributed by atoms with Crippen molar-refractivity contribution in [1.29, 1.82) is 0 Å². The van der Waals surface area contributed by atoms with Gasteiger partial charge >= 0.3 is 0 Å². The van der Waals surface area contributed by atoms with Crippen LogP contribution in [0.25, 0.3) is 11.1 Å². The van der Waals surface area contributed by atoms with Crippen molar-refractivity contribution >= 4 is 5.91 Å². The molecule has 208 valence electrons. The summed E-state index contributed by atoms with van der Waals surface area (Å²) in [6.45, 7) is 4.13. The molecule has 1 saturated heterocycles. The maximum atomic E-state index is 15.6. The highest BCUT2D eigenvalue weighted by Crippen LogP contribution is 2.44. The Morgan fingerprint density at radius 3 is 2.59 bits per heavy atom. The number of nitrogens with zero attached hydrogens (tertiary/aromatic N) is 1. The molecule has 1 amide bonds. The number of benzene rings is 3. The van der Waals surface area contributed by atoms with Crippen LogP contribution in [0.1, 0.15) is 66.1 Å². The fourth-order valence-electron chi connectivity index (χ4n) is 5.84. The molecule has 0 aromatic heterocycles. The molecule has 39 heavy (non-hydrogen) atoms. The van der Waals surface area contributed by atoms with E-state index in [1.165, 1.54) is 6.07 Å². The lowest BCUT2D eigenvalue weighted by Crippen LogP contribution is -2.48. The molecule has 3 aromatic carbocycles. The first-order chi connectivity index (χ1) is 18.9. The molecule has 2 atom stereocenters. The van der Waals surface area contributed by atoms with E-state index in [1.807, 2.05) is 59.5 Å². The highest BCUT2D eigenvalue weighted by molar-refractivity contribution is 5.94. The van der Waals surface area contributed by atoms with E-state index < -0.39 is 5.60 Å². The number of aryl methyl sites for hydroxylation is 1. The van der Waals surface area contributed by atoms with Crippen LogP contribution >= 0.6 is 0 Å². The van der Waals surface area contributed by atoms with Gasteiger partial charge in [0.05, 0.1) is 5.60 Å². The van der Waals surface area contributed by atoms with Crippen LogP contribution in [-0.2, 0) is 23.3 Å². The number of likely N-dealkylation sites (tertiary alicyclic amines) is 1. The van der Waals surface area contributed by atoms with Gasteiger partial charge in [-0.05, 0) is 79.0 Å². The summed E-state index contributed by atoms with van der Waals surface area (Å²) in [4.78, 5) is 15.3. The van der Waals surface area contributed by atoms with Crippen LogP contribution in [0, 0.1) is 11.7 Å². The third kappa shape index (κ3) is 6.57. The Labute approximate surface area is 231 Å². The van der Waals surface area contributed by atoms with Crippen molar-refractivity contribution in [3.8, 4) is 11.1 Å². The van der Waals surface area contributed by atoms with Gasteiger partial charge in [0.25, 0.3) is 5.91 Å². The van der Waals surface area contributed by atoms with Gasteiger partial charge in [-0.25, -0.2) is 4.39 Å². The Balaban J connectivity index is 1.71. The van der Waals surface area contributed by atoms with E-state index in [0.717, 1.165) is 48.8 Å². The monoisotopic (exact) mass is 532 g/mol. The third-order valence-corrected chi connectivity index (χ3v) is 8.08. The van der Waals surface area contributed by atoms with Crippen LogP contribution in [0.2, 0.25) is 0 Å². The minimum atomic E-state index is -1.31. The zero-order valence-corrected chi connectivity index (χ0v) is 23.2. The van der Waals surface area contributed by atoms with Crippen LogP contribution in [0.3, 0.4) is 0 Å². The first-order valence-electron chi connectivity index (χ1n) is 14.1. The number of ether oxygens (including phenoxy) is 1. The molecule has 1 heterocycles. The van der Waals surface area contributed by atoms with Gasteiger partial charge in [0.15, 0.2) is 0 Å². The lowest BCUT2D eigenvalue weighted by Gasteiger charge is -2.43. The summed E-state index contributed by atoms with van der Waals surface area (Å²) < 4.78 is 20.9. The van der Waals surface area contributed by atoms with Crippen LogP contribution in [0.5, 0.6) is 0 Å². The number of amides is 1. The maximum absolute atomic E-state index is 15.6. The van der Waals surface area contributed by atoms with E-state index >= 15 is 4.39 Å². The first kappa shape index (κ1) is 28.9. The highest BCUT2D eigenvalue weighted by Gasteiger charge is 2.43. The lowest BCUT2D eigenvalue weighted by molar-refractivity contribution is -0.0575. The van der Waals surface area contributed by atoms with E-state index in [1.54, 1.807) is 13.2 Å². The number of piperidine rings is 1. The second kappa shape index (κ2) is 13.3. The smallest absolute Gasteiger partial charge is 0.253 e. The molecule has 0 bridgehead atoms. The van der Waals surface area contributed by atoms with E-state index in [-0.39, 0.29) is 17.6 Å². The fraction of sp³-hybridized carbons (Fsp3) is 0.424. The van der Waals surface area contributed by atoms with Gasteiger partial charge in [0.1, 0.15) is 5.82 Å². The number of methoxy groups -OCH3 is 1. The molecule has 1 aliphatic rings. The minimum Gasteiger partial charge on any atom is -0.385 e. The summed E-state index contributed by atoms with van der Waals surface area (Å²) in [6, 6.07) is 20.3. The zero-order valence-electron chi connectivity index (χ0n) is 23.2. The summed E-state index contributed by atoms with van der Waals surface area (Å²) in [6.07, 6.45) is 4.33. The molecule has 3 aromatic rings. The van der Waals surface area contributed by atoms with Gasteiger partial charge in [-0.15, -0.1) is 0 Å². The number of rotatable bonds is 11. The van der Waals surface area contributed by atoms with Crippen LogP contribution in [0.15, 0.2) is 66.7 Å². The number of nitrogens with two attached hydrogens (primary N) is 1. The predicted molar refractivity (Wildman–Crippen MR) is 154 cm³/mol. The van der Waals surface area contributed by atoms with Crippen molar-refractivity contribution < 1.29 is 19.0 Å². The van der Waals surface area contributed by atoms with E-state index in [9.17, 15) is 9.90 Å². The normalized spacial score (nSPS) is 17.2. The molecule has 6 heteroatoms. The molecule has 1 fully saturated rings. The quantitative estimate of drug-likeness (QED) is 0.294. The third-order valence-electron chi connectivity index (χ3n) is 8.08. The number of halogens is 1. The largest absolute Gasteiger partial charge is 0.385 e. The summed E-state index contributed by atoms with van der Waals surface area (Å²) in [5.74, 6) is -0.643. The van der Waals surface area contributed by atoms with E-state index in [2.05, 4.69) is 6.92 Å². The molecule has 3 N–H and O–H groups in total. The first-order valence-corrected chi connectivity index (χ1v) is 14.1. The van der Waals surface area contributed by atoms with Crippen molar-refractivity contribution in [3.63, 3.8) is 0 Å². The van der Waals surface area contributed by atoms with Gasteiger partial charge in [0.2, 0.25) is 0 Å². The van der Waals surface area contributed by atoms with Crippen molar-refractivity contribution in [2.45, 2.75) is 57.6 Å². The summed E-state index contributed by atoms with van der Waals surface area (Å²) in [5.41, 5.74) is 8.92. The Kier molecular flexibility index (Phi) is 9.89. The Bertz CT molecular complexity index is 1250. The van der Waals surface area contributed by atoms with Gasteiger partial charge in [-0.2, -0.15) is 0 Å². The summed E-state index contributed by atoms with van der Waals surface area (Å²) in [7, 11) is 1.67. The summed E-state index contributed by atoms with van der Waals surface area (Å²) >= 11 is 0. The molecule has 1 aliphatic heterocycles. The average molecular weight is 533 g/mol. The molecule has 4 rings (SSSR count). The van der Waals surface area contributed by atoms with Gasteiger partial charge in [0, 0.05) is 50.4 Å². The molecule has 0 saturated carbocycles. The van der Waals surface area contributed by atoms with Crippen molar-refractivity contribution in [2.24, 2.45) is 11.7 Å². The minimum absolute atomic E-state index is 0.0554. The predicted octanol–water partition coefficient (Wildman–Crippen LogP) is 6.07. The topological polar surface area (TPSA) is 75.8 Å². The molecule has 5 nitrogen and oxygen atoms in total. The standard InChI is InChI=1S/C33H41FN2O3/c1-3-24-9-6-10-27(21-24)31-29(12-7-13-30(31)34)33(38,18-4-5-20-39-2)28-11-8-19-36(23-28)32(37)26-16-14-25(22-35)15-17-26/h6-7,9-10,12-17,21,28,38H,3-5,8,11,18-20,22-23,35H2,1-2H3/t28?,33-/m0/s1. The Morgan fingerprint density at radius 1 is 1.10 bits per heavy atom. The fourth-order valence-corrected chi connectivity index (χ4v) is 5.84. The zero-order chi connectivity index (χ0) is 27.8. The molecular formula is C33H41FN2O3. The van der Waals surface area contributed by atoms with Crippen molar-refractivity contribution in [3.05, 3.63) is 94.8 Å². The van der Waals surface area contributed by atoms with Gasteiger partial charge < -0.3 is 20.5 Å². The SMILES string of the molecule is CCc1cccc(-c2c(F)cccc2[C@](O)(CCCCOC)C2CCCN(C(=O)c3ccc(CN)cc3)C2)c1. The van der Waals surface area contributed by atoms with E-state index in [0.29, 0.717) is 49.4 Å². The van der Waals surface area contributed by atoms with Crippen LogP contribution < -0.4 is 5.73 Å². The molecule has 0 aliphatic carbocycles. The number of carbonyl (C=O) groups excluding carboxylic acids is 1. The molecular weight excluding hydrogens is 491 g/mol. The van der Waals surface area contributed by atoms with Crippen molar-refractivity contribution in [1.82, 2.24) is 4.90 Å². The van der Waals surface area contributed by atoms with Crippen LogP contribution in [0.4, 0.5) is 4.39 Å². The highest BCUT2D eigenvalue weighted by atomic mass is 19.1. The average Bonchev–Trinajstić information content (AvgIpc) is 2.98. The van der Waals surface area contributed by atoms with Crippen molar-refractivity contribution in [2.75, 3.05) is 26.8 Å². The maximum Gasteiger partial charge on any atom is 0.253 e.